The lowest BCUT2D eigenvalue weighted by molar-refractivity contribution is -0.277. The highest BCUT2D eigenvalue weighted by Gasteiger charge is 2.49. The molecule has 41 heavy (non-hydrogen) atoms. The zero-order chi connectivity index (χ0) is 29.4. The van der Waals surface area contributed by atoms with Crippen molar-refractivity contribution in [1.82, 2.24) is 0 Å². The van der Waals surface area contributed by atoms with Crippen LogP contribution in [0.25, 0.3) is 0 Å². The van der Waals surface area contributed by atoms with Gasteiger partial charge >= 0.3 is 0 Å². The first-order valence-corrected chi connectivity index (χ1v) is 13.2. The largest absolute Gasteiger partial charge is 0.502 e. The predicted octanol–water partition coefficient (Wildman–Crippen LogP) is 0.680. The topological polar surface area (TPSA) is 175 Å². The van der Waals surface area contributed by atoms with Crippen LogP contribution in [-0.2, 0) is 14.2 Å². The molecule has 13 heteroatoms. The van der Waals surface area contributed by atoms with Gasteiger partial charge < -0.3 is 63.4 Å². The molecule has 3 aliphatic heterocycles. The van der Waals surface area contributed by atoms with Gasteiger partial charge in [0.05, 0.1) is 60.5 Å². The van der Waals surface area contributed by atoms with Crippen LogP contribution in [0, 0.1) is 11.8 Å². The van der Waals surface area contributed by atoms with Crippen molar-refractivity contribution >= 4 is 0 Å². The van der Waals surface area contributed by atoms with Gasteiger partial charge in [-0.3, -0.25) is 0 Å². The van der Waals surface area contributed by atoms with E-state index in [0.29, 0.717) is 13.2 Å². The maximum Gasteiger partial charge on any atom is 0.229 e. The van der Waals surface area contributed by atoms with Gasteiger partial charge in [-0.25, -0.2) is 0 Å². The minimum absolute atomic E-state index is 0.000914. The molecular formula is C28H36O13. The van der Waals surface area contributed by atoms with E-state index in [2.05, 4.69) is 0 Å². The third-order valence-electron chi connectivity index (χ3n) is 7.99. The van der Waals surface area contributed by atoms with Crippen molar-refractivity contribution in [3.63, 3.8) is 0 Å². The Kier molecular flexibility index (Phi) is 8.66. The molecule has 0 radical (unpaired) electrons. The van der Waals surface area contributed by atoms with Crippen molar-refractivity contribution in [3.8, 4) is 34.5 Å². The van der Waals surface area contributed by atoms with E-state index in [-0.39, 0.29) is 58.5 Å². The molecule has 2 aromatic rings. The molecule has 0 aromatic heterocycles. The summed E-state index contributed by atoms with van der Waals surface area (Å²) in [5, 5.41) is 50.5. The Bertz CT molecular complexity index is 1170. The van der Waals surface area contributed by atoms with Crippen molar-refractivity contribution in [2.45, 2.75) is 42.9 Å². The van der Waals surface area contributed by atoms with Gasteiger partial charge in [0, 0.05) is 11.8 Å². The zero-order valence-corrected chi connectivity index (χ0v) is 23.1. The van der Waals surface area contributed by atoms with Crippen LogP contribution in [0.2, 0.25) is 0 Å². The minimum atomic E-state index is -1.61. The van der Waals surface area contributed by atoms with Crippen LogP contribution in [0.5, 0.6) is 34.5 Å². The van der Waals surface area contributed by atoms with E-state index in [1.54, 1.807) is 24.3 Å². The van der Waals surface area contributed by atoms with Crippen LogP contribution in [0.15, 0.2) is 24.3 Å². The zero-order valence-electron chi connectivity index (χ0n) is 23.1. The van der Waals surface area contributed by atoms with E-state index in [1.807, 2.05) is 0 Å². The Balaban J connectivity index is 1.40. The number of hydrogen-bond donors (Lipinski definition) is 5. The summed E-state index contributed by atoms with van der Waals surface area (Å²) in [6.07, 6.45) is -7.96. The number of aromatic hydroxyl groups is 1. The molecular weight excluding hydrogens is 544 g/mol. The van der Waals surface area contributed by atoms with Gasteiger partial charge in [0.2, 0.25) is 17.8 Å². The molecule has 13 nitrogen and oxygen atoms in total. The lowest BCUT2D eigenvalue weighted by Gasteiger charge is -2.39. The number of hydrogen-bond acceptors (Lipinski definition) is 13. The van der Waals surface area contributed by atoms with Crippen molar-refractivity contribution in [2.24, 2.45) is 11.8 Å². The Morgan fingerprint density at radius 3 is 1.61 bits per heavy atom. The van der Waals surface area contributed by atoms with Gasteiger partial charge in [-0.1, -0.05) is 0 Å². The van der Waals surface area contributed by atoms with Gasteiger partial charge in [0.1, 0.15) is 24.4 Å². The molecule has 3 aliphatic rings. The van der Waals surface area contributed by atoms with Crippen LogP contribution >= 0.6 is 0 Å². The fraction of sp³-hybridized carbons (Fsp3) is 0.571. The third kappa shape index (κ3) is 5.23. The van der Waals surface area contributed by atoms with Gasteiger partial charge in [0.15, 0.2) is 23.0 Å². The second kappa shape index (κ2) is 12.1. The average molecular weight is 581 g/mol. The molecule has 0 aliphatic carbocycles. The summed E-state index contributed by atoms with van der Waals surface area (Å²) in [5.74, 6) is 1.08. The van der Waals surface area contributed by atoms with Crippen LogP contribution in [-0.4, -0.2) is 104 Å². The second-order valence-corrected chi connectivity index (χ2v) is 10.2. The van der Waals surface area contributed by atoms with Crippen LogP contribution in [0.4, 0.5) is 0 Å². The number of benzene rings is 2. The molecule has 0 unspecified atom stereocenters. The van der Waals surface area contributed by atoms with Gasteiger partial charge in [-0.05, 0) is 35.4 Å². The Morgan fingerprint density at radius 2 is 1.17 bits per heavy atom. The number of phenolic OH excluding ortho intramolecular Hbond substituents is 1. The lowest BCUT2D eigenvalue weighted by atomic mass is 9.84. The molecule has 3 saturated heterocycles. The number of aliphatic hydroxyl groups excluding tert-OH is 4. The highest BCUT2D eigenvalue weighted by molar-refractivity contribution is 5.55. The third-order valence-corrected chi connectivity index (χ3v) is 7.99. The quantitative estimate of drug-likeness (QED) is 0.280. The van der Waals surface area contributed by atoms with Crippen molar-refractivity contribution < 1.29 is 63.4 Å². The van der Waals surface area contributed by atoms with Crippen molar-refractivity contribution in [3.05, 3.63) is 35.4 Å². The van der Waals surface area contributed by atoms with Crippen LogP contribution in [0.3, 0.4) is 0 Å². The fourth-order valence-corrected chi connectivity index (χ4v) is 5.77. The summed E-state index contributed by atoms with van der Waals surface area (Å²) in [7, 11) is 5.82. The smallest absolute Gasteiger partial charge is 0.229 e. The van der Waals surface area contributed by atoms with Gasteiger partial charge in [-0.15, -0.1) is 0 Å². The molecule has 3 heterocycles. The molecule has 3 fully saturated rings. The SMILES string of the molecule is COc1cc([C@H]2OC[C@H]3[C@@H]2CO[C@@H]3c2cc(OC)c(O[C@@H]3O[C@@H](CO)[C@H](O)[C@H](O)[C@H]3O)c(OC)c2)cc(OC)c1O. The molecule has 0 bridgehead atoms. The van der Waals surface area contributed by atoms with Gasteiger partial charge in [0.25, 0.3) is 0 Å². The van der Waals surface area contributed by atoms with E-state index in [0.717, 1.165) is 11.1 Å². The van der Waals surface area contributed by atoms with Crippen molar-refractivity contribution in [2.75, 3.05) is 48.3 Å². The number of rotatable bonds is 9. The molecule has 5 rings (SSSR count). The summed E-state index contributed by atoms with van der Waals surface area (Å²) >= 11 is 0. The highest BCUT2D eigenvalue weighted by atomic mass is 16.7. The first kappa shape index (κ1) is 29.5. The second-order valence-electron chi connectivity index (χ2n) is 10.2. The molecule has 9 atom stereocenters. The molecule has 0 spiro atoms. The maximum absolute atomic E-state index is 10.5. The van der Waals surface area contributed by atoms with E-state index in [1.165, 1.54) is 28.4 Å². The fourth-order valence-electron chi connectivity index (χ4n) is 5.77. The number of methoxy groups -OCH3 is 4. The summed E-state index contributed by atoms with van der Waals surface area (Å²) < 4.78 is 45.7. The molecule has 0 saturated carbocycles. The van der Waals surface area contributed by atoms with E-state index in [4.69, 9.17) is 37.9 Å². The van der Waals surface area contributed by atoms with Crippen LogP contribution < -0.4 is 23.7 Å². The van der Waals surface area contributed by atoms with E-state index < -0.39 is 37.3 Å². The summed E-state index contributed by atoms with van der Waals surface area (Å²) in [6, 6.07) is 6.93. The van der Waals surface area contributed by atoms with Gasteiger partial charge in [-0.2, -0.15) is 0 Å². The standard InChI is InChI=1S/C28H36O13/c1-34-16-5-12(6-17(35-2)21(16)30)25-14-10-39-26(15(14)11-38-25)13-7-18(36-3)27(19(8-13)37-4)41-28-24(33)23(32)22(31)20(9-29)40-28/h5-8,14-15,20,22-26,28-33H,9-11H2,1-4H3/t14-,15-,20-,22-,23-,24+,25+,26+,28-/m0/s1. The Labute approximate surface area is 236 Å². The number of ether oxygens (including phenoxy) is 8. The highest BCUT2D eigenvalue weighted by Crippen LogP contribution is 2.53. The molecule has 5 N–H and O–H groups in total. The van der Waals surface area contributed by atoms with E-state index >= 15 is 0 Å². The Hall–Kier alpha value is -3.04. The number of aliphatic hydroxyl groups is 4. The predicted molar refractivity (Wildman–Crippen MR) is 140 cm³/mol. The van der Waals surface area contributed by atoms with Crippen LogP contribution in [0.1, 0.15) is 23.3 Å². The van der Waals surface area contributed by atoms with Crippen molar-refractivity contribution in [1.29, 1.82) is 0 Å². The lowest BCUT2D eigenvalue weighted by Crippen LogP contribution is -2.60. The Morgan fingerprint density at radius 1 is 0.707 bits per heavy atom. The monoisotopic (exact) mass is 580 g/mol. The molecule has 226 valence electrons. The number of phenols is 1. The molecule has 2 aromatic carbocycles. The minimum Gasteiger partial charge on any atom is -0.502 e. The van der Waals surface area contributed by atoms with E-state index in [9.17, 15) is 25.5 Å². The normalized spacial score (nSPS) is 32.8. The molecule has 0 amide bonds. The first-order chi connectivity index (χ1) is 19.8. The number of fused-ring (bicyclic) bond motifs is 1. The summed E-state index contributed by atoms with van der Waals surface area (Å²) in [5.41, 5.74) is 1.55. The average Bonchev–Trinajstić information content (AvgIpc) is 3.60. The maximum atomic E-state index is 10.5. The summed E-state index contributed by atoms with van der Waals surface area (Å²) in [6.45, 7) is 0.241. The first-order valence-electron chi connectivity index (χ1n) is 13.2. The summed E-state index contributed by atoms with van der Waals surface area (Å²) in [4.78, 5) is 0.